The quantitative estimate of drug-likeness (QED) is 0.404. The maximum Gasteiger partial charge on any atom is 0.338 e. The highest BCUT2D eigenvalue weighted by atomic mass is 16.5. The highest BCUT2D eigenvalue weighted by Gasteiger charge is 2.14. The van der Waals surface area contributed by atoms with E-state index in [1.807, 2.05) is 31.2 Å². The molecular formula is C25H25N5O4. The number of carbonyl (C=O) groups excluding carboxylic acids is 2. The Kier molecular flexibility index (Phi) is 6.82. The zero-order valence-corrected chi connectivity index (χ0v) is 19.0. The van der Waals surface area contributed by atoms with E-state index in [2.05, 4.69) is 15.4 Å². The Hall–Kier alpha value is -4.27. The van der Waals surface area contributed by atoms with Gasteiger partial charge in [0.1, 0.15) is 11.7 Å². The van der Waals surface area contributed by atoms with Crippen LogP contribution in [0.25, 0.3) is 11.0 Å². The molecule has 2 aromatic heterocycles. The number of nitrogens with zero attached hydrogens (tertiary/aromatic N) is 4. The van der Waals surface area contributed by atoms with Crippen molar-refractivity contribution >= 4 is 22.9 Å². The van der Waals surface area contributed by atoms with Crippen LogP contribution in [0.15, 0.2) is 65.8 Å². The molecule has 0 spiro atoms. The van der Waals surface area contributed by atoms with E-state index in [-0.39, 0.29) is 17.9 Å². The number of rotatable bonds is 8. The molecule has 2 heterocycles. The predicted molar refractivity (Wildman–Crippen MR) is 127 cm³/mol. The molecule has 0 atom stereocenters. The van der Waals surface area contributed by atoms with Gasteiger partial charge in [0, 0.05) is 6.54 Å². The molecule has 0 aliphatic rings. The normalized spacial score (nSPS) is 10.9. The Balaban J connectivity index is 1.40. The van der Waals surface area contributed by atoms with E-state index >= 15 is 0 Å². The van der Waals surface area contributed by atoms with Gasteiger partial charge in [-0.1, -0.05) is 48.0 Å². The van der Waals surface area contributed by atoms with Crippen molar-refractivity contribution in [2.45, 2.75) is 26.4 Å². The van der Waals surface area contributed by atoms with Crippen molar-refractivity contribution in [2.24, 2.45) is 0 Å². The molecule has 9 nitrogen and oxygen atoms in total. The average molecular weight is 460 g/mol. The molecule has 4 rings (SSSR count). The summed E-state index contributed by atoms with van der Waals surface area (Å²) in [5, 5.41) is 7.52. The van der Waals surface area contributed by atoms with E-state index in [0.717, 1.165) is 11.1 Å². The molecule has 0 saturated heterocycles. The molecule has 0 aliphatic heterocycles. The molecule has 0 saturated carbocycles. The molecule has 9 heteroatoms. The van der Waals surface area contributed by atoms with Crippen LogP contribution < -0.4 is 10.9 Å². The number of hydrogen-bond donors (Lipinski definition) is 1. The first-order valence-electron chi connectivity index (χ1n) is 10.9. The fourth-order valence-corrected chi connectivity index (χ4v) is 3.80. The topological polar surface area (TPSA) is 108 Å². The van der Waals surface area contributed by atoms with Gasteiger partial charge in [-0.25, -0.2) is 14.5 Å². The van der Waals surface area contributed by atoms with Gasteiger partial charge < -0.3 is 10.1 Å². The number of fused-ring (bicyclic) bond motifs is 1. The van der Waals surface area contributed by atoms with Crippen LogP contribution in [0, 0.1) is 6.92 Å². The van der Waals surface area contributed by atoms with Crippen molar-refractivity contribution in [3.05, 3.63) is 93.7 Å². The van der Waals surface area contributed by atoms with Gasteiger partial charge in [-0.05, 0) is 24.1 Å². The number of hydrogen-bond acceptors (Lipinski definition) is 6. The van der Waals surface area contributed by atoms with Crippen LogP contribution in [-0.2, 0) is 29.0 Å². The van der Waals surface area contributed by atoms with Crippen molar-refractivity contribution in [3.8, 4) is 0 Å². The van der Waals surface area contributed by atoms with Crippen LogP contribution in [0.4, 0.5) is 0 Å². The first-order valence-corrected chi connectivity index (χ1v) is 10.9. The summed E-state index contributed by atoms with van der Waals surface area (Å²) in [7, 11) is 1.30. The number of ether oxygens (including phenoxy) is 1. The summed E-state index contributed by atoms with van der Waals surface area (Å²) in [6.07, 6.45) is 3.08. The molecular weight excluding hydrogens is 434 g/mol. The Morgan fingerprint density at radius 3 is 2.74 bits per heavy atom. The van der Waals surface area contributed by atoms with Gasteiger partial charge in [0.05, 0.1) is 38.4 Å². The molecule has 0 aliphatic carbocycles. The molecule has 174 valence electrons. The summed E-state index contributed by atoms with van der Waals surface area (Å²) in [5.41, 5.74) is 3.41. The molecule has 4 aromatic rings. The van der Waals surface area contributed by atoms with E-state index in [1.165, 1.54) is 19.6 Å². The number of methoxy groups -OCH3 is 1. The lowest BCUT2D eigenvalue weighted by molar-refractivity contribution is -0.120. The van der Waals surface area contributed by atoms with Crippen LogP contribution in [0.3, 0.4) is 0 Å². The monoisotopic (exact) mass is 459 g/mol. The number of aromatic nitrogens is 4. The fourth-order valence-electron chi connectivity index (χ4n) is 3.80. The maximum absolute atomic E-state index is 12.9. The van der Waals surface area contributed by atoms with E-state index in [1.54, 1.807) is 33.5 Å². The standard InChI is InChI=1S/C25H25N5O4/c1-17-6-5-7-18(12-17)15-29-16-27-23-21(24(29)32)14-28-30(23)11-10-26-22(31)13-19-8-3-4-9-20(19)25(33)34-2/h3-9,12,14,16H,10-11,13,15H2,1-2H3,(H,26,31). The number of esters is 1. The fraction of sp³-hybridized carbons (Fsp3) is 0.240. The molecule has 2 aromatic carbocycles. The van der Waals surface area contributed by atoms with Gasteiger partial charge in [0.25, 0.3) is 5.56 Å². The molecule has 1 amide bonds. The summed E-state index contributed by atoms with van der Waals surface area (Å²) >= 11 is 0. The van der Waals surface area contributed by atoms with Crippen molar-refractivity contribution < 1.29 is 14.3 Å². The molecule has 0 fully saturated rings. The summed E-state index contributed by atoms with van der Waals surface area (Å²) in [5.74, 6) is -0.716. The smallest absolute Gasteiger partial charge is 0.338 e. The summed E-state index contributed by atoms with van der Waals surface area (Å²) in [6, 6.07) is 14.8. The predicted octanol–water partition coefficient (Wildman–Crippen LogP) is 2.10. The van der Waals surface area contributed by atoms with Gasteiger partial charge in [0.2, 0.25) is 5.91 Å². The van der Waals surface area contributed by atoms with Crippen molar-refractivity contribution in [3.63, 3.8) is 0 Å². The summed E-state index contributed by atoms with van der Waals surface area (Å²) in [4.78, 5) is 41.6. The minimum Gasteiger partial charge on any atom is -0.465 e. The van der Waals surface area contributed by atoms with E-state index in [0.29, 0.717) is 41.8 Å². The van der Waals surface area contributed by atoms with Crippen LogP contribution in [-0.4, -0.2) is 44.9 Å². The Labute approximate surface area is 196 Å². The SMILES string of the molecule is COC(=O)c1ccccc1CC(=O)NCCn1ncc2c(=O)n(Cc3cccc(C)c3)cnc21. The molecule has 34 heavy (non-hydrogen) atoms. The zero-order valence-electron chi connectivity index (χ0n) is 19.0. The third-order valence-corrected chi connectivity index (χ3v) is 5.48. The highest BCUT2D eigenvalue weighted by Crippen LogP contribution is 2.11. The Morgan fingerprint density at radius 1 is 1.12 bits per heavy atom. The lowest BCUT2D eigenvalue weighted by Crippen LogP contribution is -2.29. The van der Waals surface area contributed by atoms with E-state index < -0.39 is 5.97 Å². The molecule has 0 radical (unpaired) electrons. The first kappa shape index (κ1) is 22.9. The second kappa shape index (κ2) is 10.1. The van der Waals surface area contributed by atoms with Crippen molar-refractivity contribution in [1.82, 2.24) is 24.6 Å². The molecule has 0 unspecified atom stereocenters. The van der Waals surface area contributed by atoms with Gasteiger partial charge in [-0.3, -0.25) is 14.2 Å². The van der Waals surface area contributed by atoms with E-state index in [9.17, 15) is 14.4 Å². The van der Waals surface area contributed by atoms with Crippen LogP contribution in [0.5, 0.6) is 0 Å². The first-order chi connectivity index (χ1) is 16.5. The van der Waals surface area contributed by atoms with Crippen molar-refractivity contribution in [1.29, 1.82) is 0 Å². The largest absolute Gasteiger partial charge is 0.465 e. The highest BCUT2D eigenvalue weighted by molar-refractivity contribution is 5.93. The van der Waals surface area contributed by atoms with Crippen molar-refractivity contribution in [2.75, 3.05) is 13.7 Å². The average Bonchev–Trinajstić information content (AvgIpc) is 3.24. The zero-order chi connectivity index (χ0) is 24.1. The molecule has 0 bridgehead atoms. The van der Waals surface area contributed by atoms with Gasteiger partial charge in [0.15, 0.2) is 5.65 Å². The number of carbonyl (C=O) groups is 2. The third kappa shape index (κ3) is 5.03. The lowest BCUT2D eigenvalue weighted by Gasteiger charge is -2.09. The molecule has 1 N–H and O–H groups in total. The van der Waals surface area contributed by atoms with Gasteiger partial charge in [-0.2, -0.15) is 5.10 Å². The number of nitrogens with one attached hydrogen (secondary N) is 1. The number of amides is 1. The number of benzene rings is 2. The second-order valence-electron chi connectivity index (χ2n) is 7.95. The second-order valence-corrected chi connectivity index (χ2v) is 7.95. The van der Waals surface area contributed by atoms with Crippen LogP contribution >= 0.6 is 0 Å². The Morgan fingerprint density at radius 2 is 1.94 bits per heavy atom. The lowest BCUT2D eigenvalue weighted by atomic mass is 10.0. The minimum absolute atomic E-state index is 0.0487. The van der Waals surface area contributed by atoms with E-state index in [4.69, 9.17) is 4.74 Å². The Bertz CT molecular complexity index is 1410. The van der Waals surface area contributed by atoms with Gasteiger partial charge in [-0.15, -0.1) is 0 Å². The van der Waals surface area contributed by atoms with Crippen LogP contribution in [0.1, 0.15) is 27.0 Å². The van der Waals surface area contributed by atoms with Crippen LogP contribution in [0.2, 0.25) is 0 Å². The summed E-state index contributed by atoms with van der Waals surface area (Å²) < 4.78 is 7.92. The van der Waals surface area contributed by atoms with Gasteiger partial charge >= 0.3 is 5.97 Å². The number of aryl methyl sites for hydroxylation is 1. The summed E-state index contributed by atoms with van der Waals surface area (Å²) in [6.45, 7) is 3.08. The minimum atomic E-state index is -0.481. The maximum atomic E-state index is 12.9. The third-order valence-electron chi connectivity index (χ3n) is 5.48.